The van der Waals surface area contributed by atoms with Crippen LogP contribution in [0.15, 0.2) is 0 Å². The van der Waals surface area contributed by atoms with Crippen LogP contribution in [0, 0.1) is 5.41 Å². The van der Waals surface area contributed by atoms with Crippen molar-refractivity contribution in [3.63, 3.8) is 0 Å². The maximum Gasteiger partial charge on any atom is 0.0110 e. The van der Waals surface area contributed by atoms with Gasteiger partial charge in [0.05, 0.1) is 0 Å². The van der Waals surface area contributed by atoms with Crippen molar-refractivity contribution in [3.05, 3.63) is 0 Å². The molecule has 0 aliphatic heterocycles. The number of hydrogen-bond acceptors (Lipinski definition) is 4. The third-order valence-electron chi connectivity index (χ3n) is 1.26. The fourth-order valence-electron chi connectivity index (χ4n) is 0.680. The molecular weight excluding hydrogens is 158 g/mol. The predicted molar refractivity (Wildman–Crippen MR) is 52.4 cm³/mol. The van der Waals surface area contributed by atoms with Crippen molar-refractivity contribution in [2.24, 2.45) is 11.5 Å². The molecule has 0 rings (SSSR count). The molecule has 11 heavy (non-hydrogen) atoms. The predicted octanol–water partition coefficient (Wildman–Crippen LogP) is 0.437. The molecule has 0 aromatic carbocycles. The molecule has 0 atom stereocenters. The minimum atomic E-state index is 0.598. The van der Waals surface area contributed by atoms with Gasteiger partial charge in [0.1, 0.15) is 0 Å². The molecule has 0 radical (unpaired) electrons. The Morgan fingerprint density at radius 3 is 2.36 bits per heavy atom. The second-order valence-corrected chi connectivity index (χ2v) is 3.52. The van der Waals surface area contributed by atoms with E-state index >= 15 is 0 Å². The van der Waals surface area contributed by atoms with Crippen LogP contribution in [0.25, 0.3) is 0 Å². The number of thioether (sulfide) groups is 1. The van der Waals surface area contributed by atoms with Gasteiger partial charge in [0.15, 0.2) is 0 Å². The molecule has 0 amide bonds. The first-order chi connectivity index (χ1) is 5.31. The summed E-state index contributed by atoms with van der Waals surface area (Å²) in [5.74, 6) is 2.01. The highest BCUT2D eigenvalue weighted by Crippen LogP contribution is 2.02. The van der Waals surface area contributed by atoms with Gasteiger partial charge in [0, 0.05) is 18.0 Å². The highest BCUT2D eigenvalue weighted by molar-refractivity contribution is 7.99. The van der Waals surface area contributed by atoms with Gasteiger partial charge >= 0.3 is 0 Å². The van der Waals surface area contributed by atoms with Crippen LogP contribution in [0.3, 0.4) is 0 Å². The summed E-state index contributed by atoms with van der Waals surface area (Å²) in [5, 5.41) is 7.40. The molecule has 0 saturated carbocycles. The smallest absolute Gasteiger partial charge is 0.0110 e. The molecule has 0 saturated heterocycles. The maximum atomic E-state index is 7.40. The van der Waals surface area contributed by atoms with Gasteiger partial charge in [0.25, 0.3) is 0 Å². The quantitative estimate of drug-likeness (QED) is 0.388. The Balaban J connectivity index is 3.04. The van der Waals surface area contributed by atoms with E-state index in [1.807, 2.05) is 0 Å². The molecule has 0 aromatic rings. The van der Waals surface area contributed by atoms with Gasteiger partial charge in [-0.25, -0.2) is 0 Å². The minimum absolute atomic E-state index is 0.598. The van der Waals surface area contributed by atoms with Gasteiger partial charge < -0.3 is 16.9 Å². The number of rotatable bonds is 7. The molecule has 0 aromatic heterocycles. The van der Waals surface area contributed by atoms with Crippen LogP contribution in [0.1, 0.15) is 12.8 Å². The summed E-state index contributed by atoms with van der Waals surface area (Å²) in [6.45, 7) is 1.33. The molecule has 0 aliphatic carbocycles. The lowest BCUT2D eigenvalue weighted by Gasteiger charge is -2.00. The zero-order valence-electron chi connectivity index (χ0n) is 6.81. The average molecular weight is 175 g/mol. The Morgan fingerprint density at radius 2 is 1.82 bits per heavy atom. The second kappa shape index (κ2) is 8.04. The van der Waals surface area contributed by atoms with Crippen molar-refractivity contribution in [2.75, 3.05) is 24.6 Å². The summed E-state index contributed by atoms with van der Waals surface area (Å²) in [6.07, 6.45) is 1.60. The number of nitrogens with one attached hydrogen (secondary N) is 1. The summed E-state index contributed by atoms with van der Waals surface area (Å²) in [6, 6.07) is 0. The van der Waals surface area contributed by atoms with Gasteiger partial charge in [-0.15, -0.1) is 0 Å². The van der Waals surface area contributed by atoms with Crippen LogP contribution in [0.4, 0.5) is 0 Å². The van der Waals surface area contributed by atoms with Crippen molar-refractivity contribution in [3.8, 4) is 0 Å². The normalized spacial score (nSPS) is 10.0. The van der Waals surface area contributed by atoms with E-state index in [9.17, 15) is 0 Å². The minimum Gasteiger partial charge on any atom is -0.330 e. The Kier molecular flexibility index (Phi) is 8.00. The average Bonchev–Trinajstić information content (AvgIpc) is 1.99. The third-order valence-corrected chi connectivity index (χ3v) is 2.27. The highest BCUT2D eigenvalue weighted by atomic mass is 32.2. The first-order valence-corrected chi connectivity index (χ1v) is 5.01. The van der Waals surface area contributed by atoms with E-state index in [-0.39, 0.29) is 0 Å². The summed E-state index contributed by atoms with van der Waals surface area (Å²) in [7, 11) is 0. The molecule has 3 nitrogen and oxygen atoms in total. The van der Waals surface area contributed by atoms with Crippen molar-refractivity contribution in [1.29, 1.82) is 5.41 Å². The first kappa shape index (κ1) is 10.9. The zero-order chi connectivity index (χ0) is 8.53. The van der Waals surface area contributed by atoms with E-state index in [1.165, 1.54) is 0 Å². The molecular formula is C7H17N3S. The molecule has 66 valence electrons. The summed E-state index contributed by atoms with van der Waals surface area (Å²) in [5.41, 5.74) is 11.4. The van der Waals surface area contributed by atoms with E-state index in [0.29, 0.717) is 6.54 Å². The highest BCUT2D eigenvalue weighted by Gasteiger charge is 1.94. The lowest BCUT2D eigenvalue weighted by molar-refractivity contribution is 1.00. The Hall–Kier alpha value is -0.0600. The summed E-state index contributed by atoms with van der Waals surface area (Å²) in [4.78, 5) is 0. The van der Waals surface area contributed by atoms with E-state index < -0.39 is 0 Å². The van der Waals surface area contributed by atoms with Gasteiger partial charge in [-0.3, -0.25) is 0 Å². The molecule has 0 aliphatic rings. The van der Waals surface area contributed by atoms with Crippen LogP contribution < -0.4 is 11.5 Å². The lowest BCUT2D eigenvalue weighted by atomic mass is 10.2. The van der Waals surface area contributed by atoms with E-state index in [4.69, 9.17) is 16.9 Å². The van der Waals surface area contributed by atoms with Crippen molar-refractivity contribution < 1.29 is 0 Å². The molecule has 0 fully saturated rings. The van der Waals surface area contributed by atoms with Crippen molar-refractivity contribution in [2.45, 2.75) is 12.8 Å². The monoisotopic (exact) mass is 175 g/mol. The SMILES string of the molecule is N=C(CCN)CCSCCN. The van der Waals surface area contributed by atoms with Gasteiger partial charge in [-0.2, -0.15) is 11.8 Å². The zero-order valence-corrected chi connectivity index (χ0v) is 7.62. The fourth-order valence-corrected chi connectivity index (χ4v) is 1.44. The van der Waals surface area contributed by atoms with Gasteiger partial charge in [-0.05, 0) is 25.1 Å². The first-order valence-electron chi connectivity index (χ1n) is 3.85. The lowest BCUT2D eigenvalue weighted by Crippen LogP contribution is -2.08. The van der Waals surface area contributed by atoms with E-state index in [1.54, 1.807) is 11.8 Å². The number of nitrogens with two attached hydrogens (primary N) is 2. The molecule has 0 spiro atoms. The van der Waals surface area contributed by atoms with Gasteiger partial charge in [-0.1, -0.05) is 0 Å². The Morgan fingerprint density at radius 1 is 1.09 bits per heavy atom. The Bertz CT molecular complexity index is 106. The maximum absolute atomic E-state index is 7.40. The van der Waals surface area contributed by atoms with Crippen LogP contribution in [0.5, 0.6) is 0 Å². The van der Waals surface area contributed by atoms with Crippen LogP contribution in [-0.4, -0.2) is 30.3 Å². The molecule has 4 heteroatoms. The molecule has 5 N–H and O–H groups in total. The molecule has 0 bridgehead atoms. The summed E-state index contributed by atoms with van der Waals surface area (Å²) >= 11 is 1.80. The van der Waals surface area contributed by atoms with Crippen LogP contribution in [0.2, 0.25) is 0 Å². The van der Waals surface area contributed by atoms with E-state index in [0.717, 1.165) is 36.6 Å². The molecule has 0 unspecified atom stereocenters. The van der Waals surface area contributed by atoms with Crippen molar-refractivity contribution >= 4 is 17.5 Å². The standard InChI is InChI=1S/C7H17N3S/c8-3-1-7(10)2-5-11-6-4-9/h10H,1-6,8-9H2. The van der Waals surface area contributed by atoms with Crippen LogP contribution in [-0.2, 0) is 0 Å². The molecule has 0 heterocycles. The number of hydrogen-bond donors (Lipinski definition) is 3. The largest absolute Gasteiger partial charge is 0.330 e. The fraction of sp³-hybridized carbons (Fsp3) is 0.857. The van der Waals surface area contributed by atoms with Gasteiger partial charge in [0.2, 0.25) is 0 Å². The van der Waals surface area contributed by atoms with Crippen LogP contribution >= 0.6 is 11.8 Å². The topological polar surface area (TPSA) is 75.9 Å². The summed E-state index contributed by atoms with van der Waals surface area (Å²) < 4.78 is 0. The third kappa shape index (κ3) is 7.84. The van der Waals surface area contributed by atoms with E-state index in [2.05, 4.69) is 0 Å². The Labute approximate surface area is 72.4 Å². The second-order valence-electron chi connectivity index (χ2n) is 2.29. The van der Waals surface area contributed by atoms with Crippen molar-refractivity contribution in [1.82, 2.24) is 0 Å².